The minimum absolute atomic E-state index is 0. The predicted octanol–water partition coefficient (Wildman–Crippen LogP) is -1.13. The van der Waals surface area contributed by atoms with Crippen LogP contribution >= 0.6 is 0 Å². The van der Waals surface area contributed by atoms with Crippen LogP contribution in [0.5, 0.6) is 0 Å². The molecule has 0 aliphatic carbocycles. The van der Waals surface area contributed by atoms with Gasteiger partial charge < -0.3 is 12.4 Å². The van der Waals surface area contributed by atoms with Gasteiger partial charge in [0.2, 0.25) is 0 Å². The van der Waals surface area contributed by atoms with Crippen LogP contribution in [0.1, 0.15) is 26.2 Å². The molecular weight excluding hydrogens is 156 g/mol. The maximum atomic E-state index is 3.02. The Balaban J connectivity index is 0. The maximum absolute atomic E-state index is 3.02. The summed E-state index contributed by atoms with van der Waals surface area (Å²) in [6.45, 7) is 2.14. The first kappa shape index (κ1) is 13.0. The third-order valence-corrected chi connectivity index (χ3v) is 1.21. The van der Waals surface area contributed by atoms with Crippen LogP contribution in [-0.4, -0.2) is 21.7 Å². The number of rotatable bonds is 3. The van der Waals surface area contributed by atoms with Gasteiger partial charge in [-0.2, -0.15) is 0 Å². The molecule has 0 aromatic carbocycles. The minimum atomic E-state index is 0. The molecule has 0 fully saturated rings. The van der Waals surface area contributed by atoms with Crippen molar-refractivity contribution in [2.75, 3.05) is 0 Å². The van der Waals surface area contributed by atoms with E-state index in [4.69, 9.17) is 0 Å². The zero-order valence-corrected chi connectivity index (χ0v) is 8.53. The Morgan fingerprint density at radius 3 is 2.60 bits per heavy atom. The monoisotopic (exact) mass is 166 g/mol. The largest absolute Gasteiger partial charge is 1.00 e. The Labute approximate surface area is 82.3 Å². The van der Waals surface area contributed by atoms with Gasteiger partial charge in [-0.05, 0) is 0 Å². The van der Waals surface area contributed by atoms with Crippen molar-refractivity contribution in [3.05, 3.63) is 12.2 Å². The molecule has 52 valence electrons. The first-order valence-electron chi connectivity index (χ1n) is 3.31. The summed E-state index contributed by atoms with van der Waals surface area (Å²) in [6, 6.07) is 0. The maximum Gasteiger partial charge on any atom is -1.00 e. The Morgan fingerprint density at radius 1 is 1.40 bits per heavy atom. The summed E-state index contributed by atoms with van der Waals surface area (Å²) in [5.41, 5.74) is 0. The molecule has 0 aromatic rings. The molecule has 0 heterocycles. The molecule has 0 amide bonds. The van der Waals surface area contributed by atoms with Gasteiger partial charge in [-0.25, -0.2) is 0 Å². The second-order valence-electron chi connectivity index (χ2n) is 1.77. The van der Waals surface area contributed by atoms with E-state index < -0.39 is 0 Å². The molecule has 0 spiro atoms. The van der Waals surface area contributed by atoms with Crippen molar-refractivity contribution in [1.29, 1.82) is 0 Å². The molecule has 0 atom stereocenters. The predicted molar refractivity (Wildman–Crippen MR) is 42.2 cm³/mol. The summed E-state index contributed by atoms with van der Waals surface area (Å²) >= 11 is 1.71. The zero-order chi connectivity index (χ0) is 6.95. The Bertz CT molecular complexity index is 130. The fourth-order valence-electron chi connectivity index (χ4n) is 0.528. The van der Waals surface area contributed by atoms with Crippen LogP contribution in [-0.2, 0) is 0 Å². The van der Waals surface area contributed by atoms with Gasteiger partial charge in [-0.15, -0.1) is 0 Å². The van der Waals surface area contributed by atoms with E-state index in [0.717, 1.165) is 19.3 Å². The molecular formula is C8H11ClMg. The molecule has 0 radical (unpaired) electrons. The van der Waals surface area contributed by atoms with E-state index in [1.54, 1.807) is 21.7 Å². The number of hydrogen-bond acceptors (Lipinski definition) is 0. The third kappa shape index (κ3) is 11.2. The van der Waals surface area contributed by atoms with Crippen LogP contribution in [0.2, 0.25) is 0 Å². The molecule has 0 N–H and O–H groups in total. The van der Waals surface area contributed by atoms with Gasteiger partial charge in [0.05, 0.1) is 0 Å². The number of allylic oxidation sites excluding steroid dienone is 2. The van der Waals surface area contributed by atoms with Crippen LogP contribution in [0.15, 0.2) is 12.2 Å². The normalized spacial score (nSPS) is 8.30. The molecule has 0 aliphatic heterocycles. The smallest absolute Gasteiger partial charge is 1.00 e. The average Bonchev–Trinajstić information content (AvgIpc) is 1.89. The molecule has 0 aromatic heterocycles. The Kier molecular flexibility index (Phi) is 15.7. The van der Waals surface area contributed by atoms with Gasteiger partial charge >= 0.3 is 70.0 Å². The number of halogens is 1. The van der Waals surface area contributed by atoms with Crippen molar-refractivity contribution >= 4 is 21.7 Å². The molecule has 0 saturated heterocycles. The second-order valence-corrected chi connectivity index (χ2v) is 2.13. The second kappa shape index (κ2) is 12.1. The summed E-state index contributed by atoms with van der Waals surface area (Å²) in [7, 11) is 0. The topological polar surface area (TPSA) is 0 Å². The van der Waals surface area contributed by atoms with E-state index in [1.165, 1.54) is 0 Å². The van der Waals surface area contributed by atoms with E-state index in [9.17, 15) is 0 Å². The molecule has 0 aliphatic rings. The van der Waals surface area contributed by atoms with Gasteiger partial charge in [0.25, 0.3) is 0 Å². The number of hydrogen-bond donors (Lipinski definition) is 0. The van der Waals surface area contributed by atoms with Crippen molar-refractivity contribution < 1.29 is 12.4 Å². The third-order valence-electron chi connectivity index (χ3n) is 0.963. The van der Waals surface area contributed by atoms with Crippen molar-refractivity contribution in [3.8, 4) is 9.97 Å². The minimum Gasteiger partial charge on any atom is -1.00 e. The van der Waals surface area contributed by atoms with E-state index in [1.807, 2.05) is 0 Å². The summed E-state index contributed by atoms with van der Waals surface area (Å²) < 4.78 is 2.89. The molecule has 0 rings (SSSR count). The summed E-state index contributed by atoms with van der Waals surface area (Å²) in [5, 5.41) is 0. The first-order valence-corrected chi connectivity index (χ1v) is 4.02. The van der Waals surface area contributed by atoms with Gasteiger partial charge in [0.1, 0.15) is 0 Å². The van der Waals surface area contributed by atoms with Gasteiger partial charge in [0, 0.05) is 0 Å². The molecule has 10 heavy (non-hydrogen) atoms. The molecule has 0 nitrogen and oxygen atoms in total. The summed E-state index contributed by atoms with van der Waals surface area (Å²) in [4.78, 5) is 0. The Morgan fingerprint density at radius 2 is 2.10 bits per heavy atom. The molecule has 2 heteroatoms. The van der Waals surface area contributed by atoms with Gasteiger partial charge in [-0.1, -0.05) is 0 Å². The van der Waals surface area contributed by atoms with Crippen LogP contribution < -0.4 is 12.4 Å². The van der Waals surface area contributed by atoms with Crippen LogP contribution in [0.3, 0.4) is 0 Å². The van der Waals surface area contributed by atoms with E-state index in [2.05, 4.69) is 29.0 Å². The van der Waals surface area contributed by atoms with Crippen molar-refractivity contribution in [2.24, 2.45) is 0 Å². The molecule has 0 unspecified atom stereocenters. The summed E-state index contributed by atoms with van der Waals surface area (Å²) in [6.07, 6.45) is 7.63. The van der Waals surface area contributed by atoms with E-state index in [0.29, 0.717) is 0 Å². The van der Waals surface area contributed by atoms with E-state index in [-0.39, 0.29) is 12.4 Å². The van der Waals surface area contributed by atoms with E-state index >= 15 is 0 Å². The standard InChI is InChI=1S/C8H11.ClH.Mg/c1-3-5-7-8-6-4-2;;/h5,7H,3,6,8H2,1H3;1H;/q;;+1/p-1/b7-5+;;. The average molecular weight is 167 g/mol. The quantitative estimate of drug-likeness (QED) is 0.216. The first-order chi connectivity index (χ1) is 4.41. The zero-order valence-electron chi connectivity index (χ0n) is 6.36. The van der Waals surface area contributed by atoms with Crippen molar-refractivity contribution in [1.82, 2.24) is 0 Å². The van der Waals surface area contributed by atoms with Gasteiger partial charge in [-0.3, -0.25) is 0 Å². The Hall–Kier alpha value is 0.356. The summed E-state index contributed by atoms with van der Waals surface area (Å²) in [5.74, 6) is 3.02. The van der Waals surface area contributed by atoms with Gasteiger partial charge in [0.15, 0.2) is 0 Å². The number of unbranched alkanes of at least 4 members (excludes halogenated alkanes) is 1. The molecule has 0 bridgehead atoms. The molecule has 0 saturated carbocycles. The van der Waals surface area contributed by atoms with Crippen LogP contribution in [0, 0.1) is 9.97 Å². The van der Waals surface area contributed by atoms with Crippen LogP contribution in [0.4, 0.5) is 0 Å². The SMILES string of the molecule is CC/C=C/CCC#[C][Mg+].[Cl-]. The fourth-order valence-corrected chi connectivity index (χ4v) is 0.705. The van der Waals surface area contributed by atoms with Crippen molar-refractivity contribution in [2.45, 2.75) is 26.2 Å². The van der Waals surface area contributed by atoms with Crippen molar-refractivity contribution in [3.63, 3.8) is 0 Å². The fraction of sp³-hybridized carbons (Fsp3) is 0.500. The van der Waals surface area contributed by atoms with Crippen LogP contribution in [0.25, 0.3) is 0 Å².